The van der Waals surface area contributed by atoms with Gasteiger partial charge in [0.25, 0.3) is 11.8 Å². The number of amides is 4. The van der Waals surface area contributed by atoms with Crippen molar-refractivity contribution in [2.24, 2.45) is 0 Å². The Hall–Kier alpha value is -4.55. The summed E-state index contributed by atoms with van der Waals surface area (Å²) in [7, 11) is 1.51. The summed E-state index contributed by atoms with van der Waals surface area (Å²) in [6.45, 7) is 0. The molecule has 3 aromatic rings. The van der Waals surface area contributed by atoms with Gasteiger partial charge in [0.1, 0.15) is 17.1 Å². The lowest BCUT2D eigenvalue weighted by molar-refractivity contribution is -0.115. The van der Waals surface area contributed by atoms with Crippen LogP contribution >= 0.6 is 0 Å². The number of fused-ring (bicyclic) bond motifs is 1. The topological polar surface area (TPSA) is 165 Å². The van der Waals surface area contributed by atoms with Gasteiger partial charge in [0.2, 0.25) is 5.95 Å². The van der Waals surface area contributed by atoms with Gasteiger partial charge in [-0.05, 0) is 25.0 Å². The molecule has 3 aromatic heterocycles. The number of nitrogens with zero attached hydrogens (tertiary/aromatic N) is 5. The number of aromatic nitrogens is 5. The predicted molar refractivity (Wildman–Crippen MR) is 110 cm³/mol. The van der Waals surface area contributed by atoms with Crippen LogP contribution < -0.4 is 26.0 Å². The van der Waals surface area contributed by atoms with E-state index >= 15 is 0 Å². The number of anilines is 1. The Kier molecular flexibility index (Phi) is 4.62. The first-order valence-corrected chi connectivity index (χ1v) is 9.72. The smallest absolute Gasteiger partial charge is 0.327 e. The lowest BCUT2D eigenvalue weighted by atomic mass is 10.2. The number of carbonyl (C=O) groups excluding carboxylic acids is 3. The van der Waals surface area contributed by atoms with Crippen LogP contribution in [-0.2, 0) is 4.79 Å². The summed E-state index contributed by atoms with van der Waals surface area (Å²) in [6.07, 6.45) is 6.43. The van der Waals surface area contributed by atoms with Gasteiger partial charge in [0.15, 0.2) is 5.65 Å². The molecule has 4 N–H and O–H groups in total. The molecule has 0 radical (unpaired) electrons. The second-order valence-electron chi connectivity index (χ2n) is 7.11. The summed E-state index contributed by atoms with van der Waals surface area (Å²) in [5.41, 5.74) is 1.09. The monoisotopic (exact) mass is 435 g/mol. The minimum Gasteiger partial charge on any atom is -0.424 e. The van der Waals surface area contributed by atoms with Gasteiger partial charge in [0, 0.05) is 30.9 Å². The minimum absolute atomic E-state index is 0.00904. The van der Waals surface area contributed by atoms with Crippen LogP contribution in [0.5, 0.6) is 11.8 Å². The number of rotatable bonds is 6. The average molecular weight is 435 g/mol. The molecule has 0 unspecified atom stereocenters. The molecule has 5 rings (SSSR count). The molecular formula is C19H17N9O4. The summed E-state index contributed by atoms with van der Waals surface area (Å²) in [5.74, 6) is -0.168. The van der Waals surface area contributed by atoms with Crippen molar-refractivity contribution < 1.29 is 19.1 Å². The van der Waals surface area contributed by atoms with E-state index in [1.165, 1.54) is 36.1 Å². The van der Waals surface area contributed by atoms with Crippen LogP contribution in [0.15, 0.2) is 30.2 Å². The fourth-order valence-electron chi connectivity index (χ4n) is 3.00. The number of urea groups is 1. The van der Waals surface area contributed by atoms with Crippen LogP contribution in [0.4, 0.5) is 10.7 Å². The number of carbonyl (C=O) groups is 3. The Morgan fingerprint density at radius 3 is 2.84 bits per heavy atom. The molecule has 4 amide bonds. The first-order chi connectivity index (χ1) is 15.5. The zero-order valence-electron chi connectivity index (χ0n) is 16.7. The molecule has 2 fully saturated rings. The average Bonchev–Trinajstić information content (AvgIpc) is 3.42. The van der Waals surface area contributed by atoms with E-state index in [0.717, 1.165) is 12.8 Å². The maximum atomic E-state index is 11.9. The van der Waals surface area contributed by atoms with E-state index in [9.17, 15) is 14.4 Å². The van der Waals surface area contributed by atoms with Crippen LogP contribution in [0.2, 0.25) is 0 Å². The molecule has 1 aliphatic heterocycles. The Morgan fingerprint density at radius 1 is 1.28 bits per heavy atom. The molecule has 1 aliphatic carbocycles. The highest BCUT2D eigenvalue weighted by Gasteiger charge is 2.26. The molecule has 0 bridgehead atoms. The highest BCUT2D eigenvalue weighted by Crippen LogP contribution is 2.27. The number of pyridine rings is 1. The third kappa shape index (κ3) is 3.78. The first kappa shape index (κ1) is 19.4. The first-order valence-electron chi connectivity index (χ1n) is 9.72. The molecule has 1 saturated heterocycles. The van der Waals surface area contributed by atoms with E-state index in [0.29, 0.717) is 22.9 Å². The number of imide groups is 1. The van der Waals surface area contributed by atoms with Gasteiger partial charge in [-0.2, -0.15) is 19.6 Å². The molecule has 2 aliphatic rings. The van der Waals surface area contributed by atoms with Crippen LogP contribution in [0.25, 0.3) is 11.7 Å². The Balaban J connectivity index is 1.54. The van der Waals surface area contributed by atoms with Crippen molar-refractivity contribution in [2.45, 2.75) is 18.9 Å². The molecular weight excluding hydrogens is 418 g/mol. The van der Waals surface area contributed by atoms with E-state index in [4.69, 9.17) is 4.74 Å². The van der Waals surface area contributed by atoms with E-state index in [1.807, 2.05) is 0 Å². The Labute approximate surface area is 180 Å². The second-order valence-corrected chi connectivity index (χ2v) is 7.11. The molecule has 13 heteroatoms. The largest absolute Gasteiger partial charge is 0.424 e. The highest BCUT2D eigenvalue weighted by molar-refractivity contribution is 6.14. The maximum absolute atomic E-state index is 11.9. The van der Waals surface area contributed by atoms with Gasteiger partial charge in [-0.1, -0.05) is 0 Å². The zero-order chi connectivity index (χ0) is 22.2. The quantitative estimate of drug-likeness (QED) is 0.317. The molecule has 32 heavy (non-hydrogen) atoms. The standard InChI is InChI=1S/C19H17N9O4/c1-20-15(29)12-7-11(4-5-21-12)32-19-25-14-9(6-13-16(30)26-18(31)24-13)8-22-28(14)17(27-19)23-10-2-3-10/h4-8,10H,2-3H2,1H3,(H,20,29)(H,23,25,27)(H2,24,26,30,31)/b13-6-. The third-order valence-electron chi connectivity index (χ3n) is 4.71. The number of ether oxygens (including phenoxy) is 1. The molecule has 0 spiro atoms. The van der Waals surface area contributed by atoms with Crippen molar-refractivity contribution in [1.82, 2.24) is 40.5 Å². The van der Waals surface area contributed by atoms with Crippen LogP contribution in [-0.4, -0.2) is 55.5 Å². The zero-order valence-corrected chi connectivity index (χ0v) is 16.7. The lowest BCUT2D eigenvalue weighted by Gasteiger charge is -2.10. The lowest BCUT2D eigenvalue weighted by Crippen LogP contribution is -2.22. The fourth-order valence-corrected chi connectivity index (χ4v) is 3.00. The van der Waals surface area contributed by atoms with Crippen molar-refractivity contribution in [2.75, 3.05) is 12.4 Å². The normalized spacial score (nSPS) is 16.7. The summed E-state index contributed by atoms with van der Waals surface area (Å²) < 4.78 is 7.30. The van der Waals surface area contributed by atoms with Crippen molar-refractivity contribution in [1.29, 1.82) is 0 Å². The third-order valence-corrected chi connectivity index (χ3v) is 4.71. The van der Waals surface area contributed by atoms with Crippen LogP contribution in [0.1, 0.15) is 28.9 Å². The Bertz CT molecular complexity index is 1300. The molecule has 13 nitrogen and oxygen atoms in total. The molecule has 4 heterocycles. The van der Waals surface area contributed by atoms with Gasteiger partial charge in [-0.25, -0.2) is 4.79 Å². The van der Waals surface area contributed by atoms with E-state index < -0.39 is 11.9 Å². The van der Waals surface area contributed by atoms with Crippen molar-refractivity contribution >= 4 is 35.5 Å². The Morgan fingerprint density at radius 2 is 2.12 bits per heavy atom. The molecule has 0 atom stereocenters. The highest BCUT2D eigenvalue weighted by atomic mass is 16.5. The fraction of sp³-hybridized carbons (Fsp3) is 0.211. The van der Waals surface area contributed by atoms with Gasteiger partial charge in [-0.3, -0.25) is 19.9 Å². The van der Waals surface area contributed by atoms with Crippen molar-refractivity contribution in [3.63, 3.8) is 0 Å². The number of hydrogen-bond acceptors (Lipinski definition) is 9. The van der Waals surface area contributed by atoms with Gasteiger partial charge < -0.3 is 20.7 Å². The summed E-state index contributed by atoms with van der Waals surface area (Å²) >= 11 is 0. The van der Waals surface area contributed by atoms with Crippen molar-refractivity contribution in [3.05, 3.63) is 41.5 Å². The van der Waals surface area contributed by atoms with Crippen LogP contribution in [0.3, 0.4) is 0 Å². The minimum atomic E-state index is -0.600. The maximum Gasteiger partial charge on any atom is 0.327 e. The van der Waals surface area contributed by atoms with Crippen molar-refractivity contribution in [3.8, 4) is 11.8 Å². The SMILES string of the molecule is CNC(=O)c1cc(Oc2nc(NC3CC3)n3ncc(/C=C4\NC(=O)NC4=O)c3n2)ccn1. The summed E-state index contributed by atoms with van der Waals surface area (Å²) in [4.78, 5) is 48.0. The van der Waals surface area contributed by atoms with E-state index in [2.05, 4.69) is 41.3 Å². The molecule has 162 valence electrons. The van der Waals surface area contributed by atoms with Crippen LogP contribution in [0, 0.1) is 0 Å². The molecule has 0 aromatic carbocycles. The number of hydrogen-bond donors (Lipinski definition) is 4. The second kappa shape index (κ2) is 7.61. The van der Waals surface area contributed by atoms with Gasteiger partial charge in [0.05, 0.1) is 6.20 Å². The van der Waals surface area contributed by atoms with E-state index in [-0.39, 0.29) is 29.4 Å². The summed E-state index contributed by atoms with van der Waals surface area (Å²) in [5, 5.41) is 14.6. The molecule has 1 saturated carbocycles. The van der Waals surface area contributed by atoms with Gasteiger partial charge in [-0.15, -0.1) is 0 Å². The van der Waals surface area contributed by atoms with Gasteiger partial charge >= 0.3 is 12.0 Å². The summed E-state index contributed by atoms with van der Waals surface area (Å²) in [6, 6.07) is 2.73. The number of nitrogens with one attached hydrogen (secondary N) is 4. The predicted octanol–water partition coefficient (Wildman–Crippen LogP) is 0.426. The van der Waals surface area contributed by atoms with E-state index in [1.54, 1.807) is 6.07 Å².